The summed E-state index contributed by atoms with van der Waals surface area (Å²) in [6.45, 7) is 3.90. The lowest BCUT2D eigenvalue weighted by molar-refractivity contribution is -0.385. The topological polar surface area (TPSA) is 89.5 Å². The molecule has 3 aromatic rings. The number of hydrogen-bond donors (Lipinski definition) is 1. The molecule has 0 aliphatic carbocycles. The van der Waals surface area contributed by atoms with E-state index >= 15 is 0 Å². The third-order valence-electron chi connectivity index (χ3n) is 4.50. The van der Waals surface area contributed by atoms with Gasteiger partial charge in [0.15, 0.2) is 0 Å². The Labute approximate surface area is 172 Å². The van der Waals surface area contributed by atoms with E-state index in [1.165, 1.54) is 6.07 Å². The lowest BCUT2D eigenvalue weighted by Crippen LogP contribution is -2.20. The third kappa shape index (κ3) is 4.52. The predicted molar refractivity (Wildman–Crippen MR) is 113 cm³/mol. The standard InChI is InChI=1S/C21H19ClN4O3/c1-14-11-17(15(2)25(14)20-10-6-4-8-18(20)22)13-23-24-21(27)12-16-7-3-5-9-19(16)26(28)29/h3-11,13H,12H2,1-2H3,(H,24,27)/b23-13+. The highest BCUT2D eigenvalue weighted by Crippen LogP contribution is 2.25. The highest BCUT2D eigenvalue weighted by molar-refractivity contribution is 6.32. The van der Waals surface area contributed by atoms with Crippen molar-refractivity contribution < 1.29 is 9.72 Å². The molecular weight excluding hydrogens is 392 g/mol. The average molecular weight is 411 g/mol. The van der Waals surface area contributed by atoms with Crippen LogP contribution in [0.3, 0.4) is 0 Å². The molecule has 29 heavy (non-hydrogen) atoms. The number of carbonyl (C=O) groups excluding carboxylic acids is 1. The third-order valence-corrected chi connectivity index (χ3v) is 4.82. The Morgan fingerprint density at radius 2 is 1.90 bits per heavy atom. The van der Waals surface area contributed by atoms with Gasteiger partial charge in [0.25, 0.3) is 5.69 Å². The first kappa shape index (κ1) is 20.3. The molecule has 1 N–H and O–H groups in total. The van der Waals surface area contributed by atoms with Gasteiger partial charge >= 0.3 is 0 Å². The first-order valence-electron chi connectivity index (χ1n) is 8.86. The van der Waals surface area contributed by atoms with Gasteiger partial charge in [-0.15, -0.1) is 0 Å². The van der Waals surface area contributed by atoms with Crippen LogP contribution in [0.15, 0.2) is 59.7 Å². The second kappa shape index (κ2) is 8.70. The second-order valence-corrected chi connectivity index (χ2v) is 6.88. The lowest BCUT2D eigenvalue weighted by atomic mass is 10.1. The summed E-state index contributed by atoms with van der Waals surface area (Å²) in [5.41, 5.74) is 6.26. The minimum Gasteiger partial charge on any atom is -0.316 e. The zero-order valence-corrected chi connectivity index (χ0v) is 16.7. The van der Waals surface area contributed by atoms with E-state index in [1.807, 2.05) is 48.7 Å². The molecule has 0 radical (unpaired) electrons. The van der Waals surface area contributed by atoms with E-state index in [-0.39, 0.29) is 12.1 Å². The molecule has 2 aromatic carbocycles. The second-order valence-electron chi connectivity index (χ2n) is 6.47. The van der Waals surface area contributed by atoms with Crippen LogP contribution in [0.5, 0.6) is 0 Å². The number of aryl methyl sites for hydroxylation is 1. The zero-order chi connectivity index (χ0) is 21.0. The Balaban J connectivity index is 1.73. The van der Waals surface area contributed by atoms with Gasteiger partial charge in [-0.05, 0) is 32.0 Å². The Morgan fingerprint density at radius 3 is 2.62 bits per heavy atom. The van der Waals surface area contributed by atoms with Gasteiger partial charge in [-0.3, -0.25) is 14.9 Å². The van der Waals surface area contributed by atoms with Crippen LogP contribution in [0, 0.1) is 24.0 Å². The fourth-order valence-electron chi connectivity index (χ4n) is 3.15. The van der Waals surface area contributed by atoms with Crippen LogP contribution in [0.25, 0.3) is 5.69 Å². The van der Waals surface area contributed by atoms with E-state index in [2.05, 4.69) is 10.5 Å². The van der Waals surface area contributed by atoms with Crippen molar-refractivity contribution in [1.29, 1.82) is 0 Å². The normalized spacial score (nSPS) is 11.0. The molecule has 7 nitrogen and oxygen atoms in total. The number of nitrogens with zero attached hydrogens (tertiary/aromatic N) is 3. The molecule has 1 heterocycles. The van der Waals surface area contributed by atoms with Crippen LogP contribution in [-0.4, -0.2) is 21.6 Å². The van der Waals surface area contributed by atoms with Gasteiger partial charge in [0.05, 0.1) is 28.3 Å². The van der Waals surface area contributed by atoms with E-state index in [9.17, 15) is 14.9 Å². The monoisotopic (exact) mass is 410 g/mol. The van der Waals surface area contributed by atoms with Gasteiger partial charge in [-0.25, -0.2) is 5.43 Å². The van der Waals surface area contributed by atoms with Crippen LogP contribution in [0.4, 0.5) is 5.69 Å². The van der Waals surface area contributed by atoms with E-state index in [0.717, 1.165) is 22.6 Å². The van der Waals surface area contributed by atoms with E-state index in [0.29, 0.717) is 10.6 Å². The first-order chi connectivity index (χ1) is 13.9. The highest BCUT2D eigenvalue weighted by atomic mass is 35.5. The molecule has 8 heteroatoms. The zero-order valence-electron chi connectivity index (χ0n) is 15.9. The number of rotatable bonds is 6. The molecule has 0 bridgehead atoms. The molecule has 0 aliphatic rings. The quantitative estimate of drug-likeness (QED) is 0.372. The Bertz CT molecular complexity index is 1110. The summed E-state index contributed by atoms with van der Waals surface area (Å²) in [6.07, 6.45) is 1.42. The van der Waals surface area contributed by atoms with Crippen molar-refractivity contribution in [2.75, 3.05) is 0 Å². The van der Waals surface area contributed by atoms with Gasteiger partial charge in [-0.2, -0.15) is 5.10 Å². The first-order valence-corrected chi connectivity index (χ1v) is 9.24. The lowest BCUT2D eigenvalue weighted by Gasteiger charge is -2.11. The fraction of sp³-hybridized carbons (Fsp3) is 0.143. The van der Waals surface area contributed by atoms with Crippen LogP contribution < -0.4 is 5.43 Å². The molecule has 0 aliphatic heterocycles. The number of benzene rings is 2. The summed E-state index contributed by atoms with van der Waals surface area (Å²) in [6, 6.07) is 15.6. The summed E-state index contributed by atoms with van der Waals surface area (Å²) < 4.78 is 2.01. The molecule has 0 spiro atoms. The number of carbonyl (C=O) groups is 1. The molecule has 148 valence electrons. The Morgan fingerprint density at radius 1 is 1.21 bits per heavy atom. The number of nitro benzene ring substituents is 1. The number of halogens is 1. The number of nitro groups is 1. The molecule has 1 amide bonds. The molecule has 0 fully saturated rings. The maximum absolute atomic E-state index is 12.1. The predicted octanol–water partition coefficient (Wildman–Crippen LogP) is 4.35. The van der Waals surface area contributed by atoms with Crippen molar-refractivity contribution in [2.24, 2.45) is 5.10 Å². The molecule has 0 unspecified atom stereocenters. The van der Waals surface area contributed by atoms with E-state index in [4.69, 9.17) is 11.6 Å². The number of nitrogens with one attached hydrogen (secondary N) is 1. The van der Waals surface area contributed by atoms with Crippen molar-refractivity contribution in [1.82, 2.24) is 9.99 Å². The summed E-state index contributed by atoms with van der Waals surface area (Å²) in [5.74, 6) is -0.435. The summed E-state index contributed by atoms with van der Waals surface area (Å²) >= 11 is 6.31. The van der Waals surface area contributed by atoms with Crippen molar-refractivity contribution >= 4 is 29.4 Å². The summed E-state index contributed by atoms with van der Waals surface area (Å²) in [7, 11) is 0. The van der Waals surface area contributed by atoms with Crippen molar-refractivity contribution in [3.8, 4) is 5.69 Å². The van der Waals surface area contributed by atoms with Gasteiger partial charge < -0.3 is 4.57 Å². The molecule has 0 saturated heterocycles. The fourth-order valence-corrected chi connectivity index (χ4v) is 3.37. The molecule has 0 atom stereocenters. The van der Waals surface area contributed by atoms with Crippen molar-refractivity contribution in [3.63, 3.8) is 0 Å². The number of amides is 1. The summed E-state index contributed by atoms with van der Waals surface area (Å²) in [4.78, 5) is 22.7. The number of para-hydroxylation sites is 2. The average Bonchev–Trinajstić information content (AvgIpc) is 2.96. The maximum atomic E-state index is 12.1. The minimum absolute atomic E-state index is 0.0880. The van der Waals surface area contributed by atoms with Gasteiger partial charge in [0.2, 0.25) is 5.91 Å². The van der Waals surface area contributed by atoms with Crippen LogP contribution in [0.1, 0.15) is 22.5 Å². The maximum Gasteiger partial charge on any atom is 0.273 e. The largest absolute Gasteiger partial charge is 0.316 e. The van der Waals surface area contributed by atoms with E-state index in [1.54, 1.807) is 24.4 Å². The van der Waals surface area contributed by atoms with Gasteiger partial charge in [-0.1, -0.05) is 41.9 Å². The van der Waals surface area contributed by atoms with Crippen LogP contribution >= 0.6 is 11.6 Å². The molecule has 3 rings (SSSR count). The Hall–Kier alpha value is -3.45. The van der Waals surface area contributed by atoms with E-state index < -0.39 is 10.8 Å². The van der Waals surface area contributed by atoms with Crippen LogP contribution in [0.2, 0.25) is 5.02 Å². The van der Waals surface area contributed by atoms with Gasteiger partial charge in [0.1, 0.15) is 0 Å². The van der Waals surface area contributed by atoms with Crippen LogP contribution in [-0.2, 0) is 11.2 Å². The SMILES string of the molecule is Cc1cc(/C=N/NC(=O)Cc2ccccc2[N+](=O)[O-])c(C)n1-c1ccccc1Cl. The van der Waals surface area contributed by atoms with Crippen molar-refractivity contribution in [2.45, 2.75) is 20.3 Å². The van der Waals surface area contributed by atoms with Crippen molar-refractivity contribution in [3.05, 3.63) is 92.2 Å². The Kier molecular flexibility index (Phi) is 6.09. The number of hydrazone groups is 1. The number of hydrogen-bond acceptors (Lipinski definition) is 4. The highest BCUT2D eigenvalue weighted by Gasteiger charge is 2.15. The summed E-state index contributed by atoms with van der Waals surface area (Å²) in [5, 5.41) is 15.7. The molecular formula is C21H19ClN4O3. The van der Waals surface area contributed by atoms with Gasteiger partial charge in [0, 0.05) is 28.6 Å². The smallest absolute Gasteiger partial charge is 0.273 e. The molecule has 0 saturated carbocycles. The number of aromatic nitrogens is 1. The molecule has 1 aromatic heterocycles. The minimum atomic E-state index is -0.505.